The second-order valence-electron chi connectivity index (χ2n) is 2.99. The second-order valence-corrected chi connectivity index (χ2v) is 5.03. The minimum atomic E-state index is -3.53. The molecule has 0 aromatic rings. The molecule has 2 atom stereocenters. The quantitative estimate of drug-likeness (QED) is 0.695. The van der Waals surface area contributed by atoms with Gasteiger partial charge < -0.3 is 4.74 Å². The fraction of sp³-hybridized carbons (Fsp3) is 0.875. The van der Waals surface area contributed by atoms with E-state index in [0.29, 0.717) is 13.0 Å². The first-order valence-electron chi connectivity index (χ1n) is 4.37. The van der Waals surface area contributed by atoms with Gasteiger partial charge in [0.05, 0.1) is 12.7 Å². The molecule has 0 bridgehead atoms. The van der Waals surface area contributed by atoms with Crippen molar-refractivity contribution in [2.24, 2.45) is 0 Å². The molecule has 0 aliphatic carbocycles. The van der Waals surface area contributed by atoms with Crippen LogP contribution in [0.2, 0.25) is 0 Å². The van der Waals surface area contributed by atoms with Crippen LogP contribution in [-0.2, 0) is 14.8 Å². The Kier molecular flexibility index (Phi) is 5.69. The number of nitrogens with zero attached hydrogens (tertiary/aromatic N) is 1. The summed E-state index contributed by atoms with van der Waals surface area (Å²) in [6.07, 6.45) is 0.630. The van der Waals surface area contributed by atoms with Crippen molar-refractivity contribution in [2.75, 3.05) is 13.7 Å². The average molecular weight is 220 g/mol. The average Bonchev–Trinajstić information content (AvgIpc) is 2.15. The van der Waals surface area contributed by atoms with E-state index in [1.165, 1.54) is 14.0 Å². The lowest BCUT2D eigenvalue weighted by atomic mass is 10.3. The lowest BCUT2D eigenvalue weighted by Crippen LogP contribution is -2.41. The molecule has 0 aromatic heterocycles. The van der Waals surface area contributed by atoms with Gasteiger partial charge in [0.1, 0.15) is 0 Å². The van der Waals surface area contributed by atoms with Crippen LogP contribution in [0, 0.1) is 11.3 Å². The first-order chi connectivity index (χ1) is 6.47. The van der Waals surface area contributed by atoms with Gasteiger partial charge in [0, 0.05) is 13.2 Å². The van der Waals surface area contributed by atoms with Crippen LogP contribution >= 0.6 is 0 Å². The molecule has 5 nitrogen and oxygen atoms in total. The SMILES string of the molecule is CCC(COC)NS(=O)(=O)C(C)C#N. The first kappa shape index (κ1) is 13.4. The summed E-state index contributed by atoms with van der Waals surface area (Å²) in [7, 11) is -2.03. The van der Waals surface area contributed by atoms with Gasteiger partial charge in [-0.15, -0.1) is 0 Å². The van der Waals surface area contributed by atoms with E-state index >= 15 is 0 Å². The minimum Gasteiger partial charge on any atom is -0.383 e. The fourth-order valence-electron chi connectivity index (χ4n) is 0.840. The minimum absolute atomic E-state index is 0.263. The van der Waals surface area contributed by atoms with Crippen LogP contribution in [0.4, 0.5) is 0 Å². The van der Waals surface area contributed by atoms with Crippen LogP contribution in [0.15, 0.2) is 0 Å². The van der Waals surface area contributed by atoms with Crippen molar-refractivity contribution < 1.29 is 13.2 Å². The van der Waals surface area contributed by atoms with Gasteiger partial charge in [-0.2, -0.15) is 5.26 Å². The van der Waals surface area contributed by atoms with Crippen molar-refractivity contribution in [1.29, 1.82) is 5.26 Å². The number of nitrogens with one attached hydrogen (secondary N) is 1. The molecule has 0 amide bonds. The predicted octanol–water partition coefficient (Wildman–Crippen LogP) is 0.243. The molecule has 0 aliphatic heterocycles. The number of sulfonamides is 1. The summed E-state index contributed by atoms with van der Waals surface area (Å²) in [6.45, 7) is 3.51. The molecule has 6 heteroatoms. The van der Waals surface area contributed by atoms with E-state index in [1.54, 1.807) is 6.07 Å². The molecule has 1 N–H and O–H groups in total. The highest BCUT2D eigenvalue weighted by atomic mass is 32.2. The van der Waals surface area contributed by atoms with Crippen molar-refractivity contribution in [3.05, 3.63) is 0 Å². The van der Waals surface area contributed by atoms with Gasteiger partial charge >= 0.3 is 0 Å². The molecule has 0 saturated heterocycles. The number of rotatable bonds is 6. The number of hydrogen-bond donors (Lipinski definition) is 1. The zero-order valence-corrected chi connectivity index (χ0v) is 9.47. The van der Waals surface area contributed by atoms with E-state index in [4.69, 9.17) is 10.00 Å². The predicted molar refractivity (Wildman–Crippen MR) is 53.1 cm³/mol. The maximum absolute atomic E-state index is 11.4. The highest BCUT2D eigenvalue weighted by Gasteiger charge is 2.23. The Morgan fingerprint density at radius 3 is 2.50 bits per heavy atom. The van der Waals surface area contributed by atoms with Gasteiger partial charge in [0.2, 0.25) is 10.0 Å². The molecule has 0 spiro atoms. The summed E-state index contributed by atoms with van der Waals surface area (Å²) in [5.41, 5.74) is 0. The molecular formula is C8H16N2O3S. The first-order valence-corrected chi connectivity index (χ1v) is 5.92. The van der Waals surface area contributed by atoms with Gasteiger partial charge in [-0.05, 0) is 13.3 Å². The molecule has 82 valence electrons. The van der Waals surface area contributed by atoms with E-state index in [-0.39, 0.29) is 6.04 Å². The third-order valence-corrected chi connectivity index (χ3v) is 3.54. The van der Waals surface area contributed by atoms with Gasteiger partial charge in [-0.25, -0.2) is 13.1 Å². The van der Waals surface area contributed by atoms with Crippen LogP contribution in [-0.4, -0.2) is 33.4 Å². The molecular weight excluding hydrogens is 204 g/mol. The normalized spacial score (nSPS) is 15.9. The van der Waals surface area contributed by atoms with Crippen LogP contribution in [0.3, 0.4) is 0 Å². The molecule has 0 radical (unpaired) electrons. The summed E-state index contributed by atoms with van der Waals surface area (Å²) < 4.78 is 30.1. The number of hydrogen-bond acceptors (Lipinski definition) is 4. The Balaban J connectivity index is 4.42. The largest absolute Gasteiger partial charge is 0.383 e. The molecule has 0 rings (SSSR count). The summed E-state index contributed by atoms with van der Waals surface area (Å²) in [5.74, 6) is 0. The van der Waals surface area contributed by atoms with E-state index in [0.717, 1.165) is 0 Å². The van der Waals surface area contributed by atoms with Crippen molar-refractivity contribution in [3.8, 4) is 6.07 Å². The third kappa shape index (κ3) is 4.05. The van der Waals surface area contributed by atoms with Gasteiger partial charge in [-0.3, -0.25) is 0 Å². The van der Waals surface area contributed by atoms with E-state index in [1.807, 2.05) is 6.92 Å². The highest BCUT2D eigenvalue weighted by molar-refractivity contribution is 7.90. The Hall–Kier alpha value is -0.640. The Labute approximate surface area is 85.1 Å². The van der Waals surface area contributed by atoms with Crippen LogP contribution < -0.4 is 4.72 Å². The number of ether oxygens (including phenoxy) is 1. The van der Waals surface area contributed by atoms with Gasteiger partial charge in [0.15, 0.2) is 5.25 Å². The smallest absolute Gasteiger partial charge is 0.228 e. The molecule has 0 saturated carbocycles. The summed E-state index contributed by atoms with van der Waals surface area (Å²) in [6, 6.07) is 1.42. The second kappa shape index (κ2) is 5.96. The zero-order valence-electron chi connectivity index (χ0n) is 8.65. The van der Waals surface area contributed by atoms with Gasteiger partial charge in [0.25, 0.3) is 0 Å². The molecule has 14 heavy (non-hydrogen) atoms. The summed E-state index contributed by atoms with van der Waals surface area (Å²) >= 11 is 0. The van der Waals surface area contributed by atoms with E-state index in [9.17, 15) is 8.42 Å². The Morgan fingerprint density at radius 1 is 1.57 bits per heavy atom. The lowest BCUT2D eigenvalue weighted by Gasteiger charge is -2.16. The van der Waals surface area contributed by atoms with Crippen LogP contribution in [0.25, 0.3) is 0 Å². The Morgan fingerprint density at radius 2 is 2.14 bits per heavy atom. The highest BCUT2D eigenvalue weighted by Crippen LogP contribution is 2.01. The van der Waals surface area contributed by atoms with Crippen molar-refractivity contribution in [2.45, 2.75) is 31.6 Å². The monoisotopic (exact) mass is 220 g/mol. The molecule has 0 heterocycles. The maximum atomic E-state index is 11.4. The fourth-order valence-corrected chi connectivity index (χ4v) is 1.88. The Bertz CT molecular complexity index is 294. The number of nitriles is 1. The van der Waals surface area contributed by atoms with E-state index < -0.39 is 15.3 Å². The van der Waals surface area contributed by atoms with Gasteiger partial charge in [-0.1, -0.05) is 6.92 Å². The van der Waals surface area contributed by atoms with Crippen LogP contribution in [0.1, 0.15) is 20.3 Å². The molecule has 2 unspecified atom stereocenters. The zero-order chi connectivity index (χ0) is 11.2. The van der Waals surface area contributed by atoms with Crippen molar-refractivity contribution in [3.63, 3.8) is 0 Å². The van der Waals surface area contributed by atoms with E-state index in [2.05, 4.69) is 4.72 Å². The molecule has 0 aromatic carbocycles. The molecule has 0 fully saturated rings. The topological polar surface area (TPSA) is 79.2 Å². The number of methoxy groups -OCH3 is 1. The lowest BCUT2D eigenvalue weighted by molar-refractivity contribution is 0.173. The maximum Gasteiger partial charge on any atom is 0.228 e. The van der Waals surface area contributed by atoms with Crippen molar-refractivity contribution in [1.82, 2.24) is 4.72 Å². The summed E-state index contributed by atoms with van der Waals surface area (Å²) in [5, 5.41) is 7.45. The van der Waals surface area contributed by atoms with Crippen LogP contribution in [0.5, 0.6) is 0 Å². The van der Waals surface area contributed by atoms with Crippen molar-refractivity contribution >= 4 is 10.0 Å². The third-order valence-electron chi connectivity index (χ3n) is 1.84. The summed E-state index contributed by atoms with van der Waals surface area (Å²) in [4.78, 5) is 0. The molecule has 0 aliphatic rings. The standard InChI is InChI=1S/C8H16N2O3S/c1-4-8(6-13-3)10-14(11,12)7(2)5-9/h7-8,10H,4,6H2,1-3H3.